The number of hydrogen-bond acceptors (Lipinski definition) is 4. The Morgan fingerprint density at radius 3 is 2.73 bits per heavy atom. The Morgan fingerprint density at radius 1 is 1.36 bits per heavy atom. The topological polar surface area (TPSA) is 72.8 Å². The number of aliphatic hydroxyl groups excluding tert-OH is 2. The highest BCUT2D eigenvalue weighted by Gasteiger charge is 2.24. The number of benzene rings is 1. The van der Waals surface area contributed by atoms with Gasteiger partial charge in [-0.15, -0.1) is 0 Å². The van der Waals surface area contributed by atoms with Crippen LogP contribution in [0, 0.1) is 0 Å². The minimum atomic E-state index is -0.550. The van der Waals surface area contributed by atoms with Gasteiger partial charge in [-0.25, -0.2) is 0 Å². The maximum atomic E-state index is 11.0. The van der Waals surface area contributed by atoms with Crippen molar-refractivity contribution in [3.05, 3.63) is 29.8 Å². The van der Waals surface area contributed by atoms with Crippen LogP contribution in [0.3, 0.4) is 0 Å². The zero-order valence-electron chi connectivity index (χ0n) is 13.2. The van der Waals surface area contributed by atoms with Crippen LogP contribution < -0.4 is 5.32 Å². The lowest BCUT2D eigenvalue weighted by Crippen LogP contribution is -2.42. The predicted octanol–water partition coefficient (Wildman–Crippen LogP) is 1.92. The number of nitrogens with zero attached hydrogens (tertiary/aromatic N) is 1. The third kappa shape index (κ3) is 4.80. The van der Waals surface area contributed by atoms with Crippen molar-refractivity contribution >= 4 is 11.6 Å². The number of likely N-dealkylation sites (tertiary alicyclic amines) is 1. The van der Waals surface area contributed by atoms with E-state index >= 15 is 0 Å². The van der Waals surface area contributed by atoms with Crippen LogP contribution in [0.15, 0.2) is 24.3 Å². The Morgan fingerprint density at radius 2 is 2.09 bits per heavy atom. The van der Waals surface area contributed by atoms with Gasteiger partial charge in [-0.2, -0.15) is 0 Å². The van der Waals surface area contributed by atoms with Crippen molar-refractivity contribution in [3.8, 4) is 0 Å². The highest BCUT2D eigenvalue weighted by Crippen LogP contribution is 2.24. The Balaban J connectivity index is 1.95. The Kier molecular flexibility index (Phi) is 6.36. The van der Waals surface area contributed by atoms with Crippen molar-refractivity contribution < 1.29 is 15.0 Å². The lowest BCUT2D eigenvalue weighted by Gasteiger charge is -2.36. The smallest absolute Gasteiger partial charge is 0.221 e. The van der Waals surface area contributed by atoms with E-state index in [4.69, 9.17) is 5.11 Å². The van der Waals surface area contributed by atoms with Gasteiger partial charge in [0.25, 0.3) is 0 Å². The van der Waals surface area contributed by atoms with Crippen LogP contribution >= 0.6 is 0 Å². The standard InChI is InChI=1S/C17H26N2O3/c1-13(21)18-15-7-5-14(6-8-15)17(22)12-19-10-3-2-4-16(19)9-11-20/h5-8,16-17,20,22H,2-4,9-12H2,1H3,(H,18,21). The summed E-state index contributed by atoms with van der Waals surface area (Å²) in [5.41, 5.74) is 1.59. The summed E-state index contributed by atoms with van der Waals surface area (Å²) in [5, 5.41) is 22.3. The lowest BCUT2D eigenvalue weighted by atomic mass is 9.98. The highest BCUT2D eigenvalue weighted by atomic mass is 16.3. The summed E-state index contributed by atoms with van der Waals surface area (Å²) in [6.45, 7) is 3.24. The molecule has 0 radical (unpaired) electrons. The molecule has 22 heavy (non-hydrogen) atoms. The van der Waals surface area contributed by atoms with Crippen LogP contribution in [-0.2, 0) is 4.79 Å². The summed E-state index contributed by atoms with van der Waals surface area (Å²) < 4.78 is 0. The molecular weight excluding hydrogens is 280 g/mol. The Labute approximate surface area is 131 Å². The SMILES string of the molecule is CC(=O)Nc1ccc(C(O)CN2CCCCC2CCO)cc1. The van der Waals surface area contributed by atoms with E-state index in [9.17, 15) is 9.90 Å². The second-order valence-corrected chi connectivity index (χ2v) is 5.98. The normalized spacial score (nSPS) is 20.6. The van der Waals surface area contributed by atoms with E-state index in [0.29, 0.717) is 12.6 Å². The first-order chi connectivity index (χ1) is 10.6. The summed E-state index contributed by atoms with van der Waals surface area (Å²) in [6.07, 6.45) is 3.66. The predicted molar refractivity (Wildman–Crippen MR) is 86.6 cm³/mol. The molecule has 1 aromatic rings. The van der Waals surface area contributed by atoms with E-state index in [1.807, 2.05) is 12.1 Å². The van der Waals surface area contributed by atoms with Gasteiger partial charge >= 0.3 is 0 Å². The van der Waals surface area contributed by atoms with Crippen molar-refractivity contribution in [2.24, 2.45) is 0 Å². The minimum absolute atomic E-state index is 0.103. The van der Waals surface area contributed by atoms with Gasteiger partial charge < -0.3 is 15.5 Å². The van der Waals surface area contributed by atoms with Crippen LogP contribution in [-0.4, -0.2) is 46.8 Å². The van der Waals surface area contributed by atoms with Crippen molar-refractivity contribution in [2.45, 2.75) is 44.8 Å². The number of amides is 1. The van der Waals surface area contributed by atoms with Crippen molar-refractivity contribution in [3.63, 3.8) is 0 Å². The van der Waals surface area contributed by atoms with Gasteiger partial charge in [0.05, 0.1) is 6.10 Å². The molecule has 122 valence electrons. The van der Waals surface area contributed by atoms with E-state index in [0.717, 1.165) is 37.1 Å². The average Bonchev–Trinajstić information content (AvgIpc) is 2.49. The van der Waals surface area contributed by atoms with Gasteiger partial charge in [0, 0.05) is 31.8 Å². The summed E-state index contributed by atoms with van der Waals surface area (Å²) in [5.74, 6) is -0.103. The number of piperidine rings is 1. The van der Waals surface area contributed by atoms with E-state index in [2.05, 4.69) is 10.2 Å². The van der Waals surface area contributed by atoms with Crippen LogP contribution in [0.25, 0.3) is 0 Å². The van der Waals surface area contributed by atoms with Crippen molar-refractivity contribution in [1.29, 1.82) is 0 Å². The van der Waals surface area contributed by atoms with E-state index in [-0.39, 0.29) is 12.5 Å². The largest absolute Gasteiger partial charge is 0.396 e. The highest BCUT2D eigenvalue weighted by molar-refractivity contribution is 5.88. The molecule has 5 heteroatoms. The molecule has 2 atom stereocenters. The molecule has 3 N–H and O–H groups in total. The molecule has 0 aromatic heterocycles. The lowest BCUT2D eigenvalue weighted by molar-refractivity contribution is -0.114. The summed E-state index contributed by atoms with van der Waals surface area (Å²) in [6, 6.07) is 7.68. The van der Waals surface area contributed by atoms with E-state index in [1.54, 1.807) is 12.1 Å². The molecule has 1 aliphatic rings. The minimum Gasteiger partial charge on any atom is -0.396 e. The van der Waals surface area contributed by atoms with Crippen LogP contribution in [0.1, 0.15) is 44.3 Å². The van der Waals surface area contributed by atoms with Gasteiger partial charge in [0.2, 0.25) is 5.91 Å². The van der Waals surface area contributed by atoms with Crippen LogP contribution in [0.5, 0.6) is 0 Å². The zero-order chi connectivity index (χ0) is 15.9. The second-order valence-electron chi connectivity index (χ2n) is 5.98. The first-order valence-corrected chi connectivity index (χ1v) is 8.00. The molecule has 2 unspecified atom stereocenters. The number of nitrogens with one attached hydrogen (secondary N) is 1. The monoisotopic (exact) mass is 306 g/mol. The van der Waals surface area contributed by atoms with E-state index in [1.165, 1.54) is 13.3 Å². The summed E-state index contributed by atoms with van der Waals surface area (Å²) >= 11 is 0. The molecular formula is C17H26N2O3. The second kappa shape index (κ2) is 8.27. The summed E-state index contributed by atoms with van der Waals surface area (Å²) in [7, 11) is 0. The third-order valence-corrected chi connectivity index (χ3v) is 4.23. The molecule has 1 aromatic carbocycles. The molecule has 0 spiro atoms. The van der Waals surface area contributed by atoms with Gasteiger partial charge in [-0.05, 0) is 43.5 Å². The first-order valence-electron chi connectivity index (χ1n) is 8.00. The molecule has 2 rings (SSSR count). The maximum Gasteiger partial charge on any atom is 0.221 e. The molecule has 1 saturated heterocycles. The third-order valence-electron chi connectivity index (χ3n) is 4.23. The molecule has 1 aliphatic heterocycles. The fourth-order valence-corrected chi connectivity index (χ4v) is 3.10. The fraction of sp³-hybridized carbons (Fsp3) is 0.588. The molecule has 1 fully saturated rings. The van der Waals surface area contributed by atoms with Crippen molar-refractivity contribution in [1.82, 2.24) is 4.90 Å². The van der Waals surface area contributed by atoms with Crippen LogP contribution in [0.2, 0.25) is 0 Å². The number of aliphatic hydroxyl groups is 2. The van der Waals surface area contributed by atoms with Gasteiger partial charge in [-0.3, -0.25) is 9.69 Å². The van der Waals surface area contributed by atoms with Gasteiger partial charge in [0.1, 0.15) is 0 Å². The number of carbonyl (C=O) groups is 1. The van der Waals surface area contributed by atoms with E-state index < -0.39 is 6.10 Å². The first kappa shape index (κ1) is 16.9. The Bertz CT molecular complexity index is 473. The molecule has 0 saturated carbocycles. The van der Waals surface area contributed by atoms with Gasteiger partial charge in [-0.1, -0.05) is 18.6 Å². The molecule has 1 heterocycles. The van der Waals surface area contributed by atoms with Crippen LogP contribution in [0.4, 0.5) is 5.69 Å². The number of anilines is 1. The average molecular weight is 306 g/mol. The quantitative estimate of drug-likeness (QED) is 0.751. The number of hydrogen-bond donors (Lipinski definition) is 3. The zero-order valence-corrected chi connectivity index (χ0v) is 13.2. The number of carbonyl (C=O) groups excluding carboxylic acids is 1. The summed E-state index contributed by atoms with van der Waals surface area (Å²) in [4.78, 5) is 13.3. The number of rotatable bonds is 6. The Hall–Kier alpha value is -1.43. The van der Waals surface area contributed by atoms with Gasteiger partial charge in [0.15, 0.2) is 0 Å². The maximum absolute atomic E-state index is 11.0. The molecule has 1 amide bonds. The molecule has 0 bridgehead atoms. The fourth-order valence-electron chi connectivity index (χ4n) is 3.10. The molecule has 5 nitrogen and oxygen atoms in total. The van der Waals surface area contributed by atoms with Crippen molar-refractivity contribution in [2.75, 3.05) is 25.0 Å². The number of β-amino-alcohol motifs (C(OH)–C–C–N with tert-alkyl or cyclic N) is 1. The molecule has 0 aliphatic carbocycles.